The van der Waals surface area contributed by atoms with Crippen molar-refractivity contribution in [3.8, 4) is 17.4 Å². The molecule has 8 nitrogen and oxygen atoms in total. The number of nitrogens with zero attached hydrogens (tertiary/aromatic N) is 4. The van der Waals surface area contributed by atoms with Crippen molar-refractivity contribution in [2.24, 2.45) is 0 Å². The van der Waals surface area contributed by atoms with Gasteiger partial charge >= 0.3 is 0 Å². The first-order valence-corrected chi connectivity index (χ1v) is 11.1. The first-order chi connectivity index (χ1) is 14.8. The second-order valence-corrected chi connectivity index (χ2v) is 8.72. The number of ether oxygens (including phenoxy) is 1. The van der Waals surface area contributed by atoms with E-state index in [9.17, 15) is 8.42 Å². The standard InChI is InChI=1S/C21H18ClN5O3S/c1-14-15(2)27(13-25-14)20-11-21(24-12-23-20)30-17-9-7-16(8-10-17)26-31(28,29)19-6-4-3-5-18(19)22/h3-13,26H,1-2H3. The van der Waals surface area contributed by atoms with E-state index in [-0.39, 0.29) is 9.92 Å². The van der Waals surface area contributed by atoms with Crippen molar-refractivity contribution >= 4 is 27.3 Å². The smallest absolute Gasteiger partial charge is 0.263 e. The molecular weight excluding hydrogens is 438 g/mol. The summed E-state index contributed by atoms with van der Waals surface area (Å²) in [6, 6.07) is 14.4. The third-order valence-corrected chi connectivity index (χ3v) is 6.46. The molecule has 0 spiro atoms. The quantitative estimate of drug-likeness (QED) is 0.458. The summed E-state index contributed by atoms with van der Waals surface area (Å²) in [7, 11) is -3.81. The van der Waals surface area contributed by atoms with Crippen LogP contribution in [0.15, 0.2) is 72.1 Å². The minimum Gasteiger partial charge on any atom is -0.439 e. The van der Waals surface area contributed by atoms with E-state index in [1.54, 1.807) is 48.8 Å². The topological polar surface area (TPSA) is 99.0 Å². The average molecular weight is 456 g/mol. The highest BCUT2D eigenvalue weighted by atomic mass is 35.5. The van der Waals surface area contributed by atoms with Crippen LogP contribution in [0.2, 0.25) is 5.02 Å². The van der Waals surface area contributed by atoms with Gasteiger partial charge in [0.2, 0.25) is 5.88 Å². The molecule has 0 bridgehead atoms. The summed E-state index contributed by atoms with van der Waals surface area (Å²) >= 11 is 6.00. The van der Waals surface area contributed by atoms with Crippen molar-refractivity contribution in [1.29, 1.82) is 0 Å². The number of anilines is 1. The Labute approximate surface area is 184 Å². The lowest BCUT2D eigenvalue weighted by atomic mass is 10.3. The number of aromatic nitrogens is 4. The van der Waals surface area contributed by atoms with Crippen LogP contribution in [0.3, 0.4) is 0 Å². The number of nitrogens with one attached hydrogen (secondary N) is 1. The SMILES string of the molecule is Cc1ncn(-c2cc(Oc3ccc(NS(=O)(=O)c4ccccc4Cl)cc3)ncn2)c1C. The normalized spacial score (nSPS) is 11.3. The second-order valence-electron chi connectivity index (χ2n) is 6.66. The molecule has 0 aliphatic carbocycles. The van der Waals surface area contributed by atoms with Gasteiger partial charge in [-0.2, -0.15) is 0 Å². The Kier molecular flexibility index (Phi) is 5.62. The van der Waals surface area contributed by atoms with Crippen LogP contribution in [0.4, 0.5) is 5.69 Å². The van der Waals surface area contributed by atoms with Gasteiger partial charge in [0.05, 0.1) is 10.7 Å². The minimum atomic E-state index is -3.81. The van der Waals surface area contributed by atoms with Crippen LogP contribution in [-0.4, -0.2) is 27.9 Å². The molecule has 4 rings (SSSR count). The third kappa shape index (κ3) is 4.52. The Bertz CT molecular complexity index is 1340. The summed E-state index contributed by atoms with van der Waals surface area (Å²) in [5.41, 5.74) is 2.26. The molecule has 4 aromatic rings. The van der Waals surface area contributed by atoms with Gasteiger partial charge in [-0.25, -0.2) is 23.4 Å². The van der Waals surface area contributed by atoms with Crippen LogP contribution >= 0.6 is 11.6 Å². The molecular formula is C21H18ClN5O3S. The maximum Gasteiger partial charge on any atom is 0.263 e. The maximum absolute atomic E-state index is 12.5. The van der Waals surface area contributed by atoms with E-state index in [1.165, 1.54) is 18.5 Å². The summed E-state index contributed by atoms with van der Waals surface area (Å²) in [6.45, 7) is 3.87. The zero-order valence-electron chi connectivity index (χ0n) is 16.7. The van der Waals surface area contributed by atoms with Crippen molar-refractivity contribution in [2.45, 2.75) is 18.7 Å². The van der Waals surface area contributed by atoms with E-state index in [2.05, 4.69) is 19.7 Å². The molecule has 0 aliphatic heterocycles. The van der Waals surface area contributed by atoms with Crippen LogP contribution in [0, 0.1) is 13.8 Å². The molecule has 0 radical (unpaired) electrons. The molecule has 1 N–H and O–H groups in total. The Morgan fingerprint density at radius 3 is 2.42 bits per heavy atom. The van der Waals surface area contributed by atoms with Crippen molar-refractivity contribution in [3.63, 3.8) is 0 Å². The summed E-state index contributed by atoms with van der Waals surface area (Å²) in [5, 5.41) is 0.151. The van der Waals surface area contributed by atoms with E-state index in [4.69, 9.17) is 16.3 Å². The summed E-state index contributed by atoms with van der Waals surface area (Å²) in [4.78, 5) is 12.7. The van der Waals surface area contributed by atoms with Gasteiger partial charge in [0.25, 0.3) is 10.0 Å². The number of aryl methyl sites for hydroxylation is 1. The largest absolute Gasteiger partial charge is 0.439 e. The van der Waals surface area contributed by atoms with Crippen molar-refractivity contribution in [2.75, 3.05) is 4.72 Å². The van der Waals surface area contributed by atoms with Gasteiger partial charge in [-0.05, 0) is 50.2 Å². The van der Waals surface area contributed by atoms with E-state index >= 15 is 0 Å². The summed E-state index contributed by atoms with van der Waals surface area (Å²) in [6.07, 6.45) is 3.10. The lowest BCUT2D eigenvalue weighted by molar-refractivity contribution is 0.461. The first kappa shape index (κ1) is 20.8. The Morgan fingerprint density at radius 1 is 1.00 bits per heavy atom. The van der Waals surface area contributed by atoms with Gasteiger partial charge in [0.1, 0.15) is 29.1 Å². The predicted octanol–water partition coefficient (Wildman–Crippen LogP) is 4.53. The minimum absolute atomic E-state index is 0.00976. The van der Waals surface area contributed by atoms with Gasteiger partial charge in [-0.3, -0.25) is 9.29 Å². The van der Waals surface area contributed by atoms with Gasteiger partial charge in [-0.1, -0.05) is 23.7 Å². The second kappa shape index (κ2) is 8.37. The lowest BCUT2D eigenvalue weighted by Crippen LogP contribution is -2.13. The highest BCUT2D eigenvalue weighted by molar-refractivity contribution is 7.92. The molecule has 2 heterocycles. The van der Waals surface area contributed by atoms with Crippen LogP contribution in [0.1, 0.15) is 11.4 Å². The van der Waals surface area contributed by atoms with Crippen LogP contribution in [0.5, 0.6) is 11.6 Å². The summed E-state index contributed by atoms with van der Waals surface area (Å²) < 4.78 is 35.2. The van der Waals surface area contributed by atoms with E-state index in [0.29, 0.717) is 23.1 Å². The number of hydrogen-bond acceptors (Lipinski definition) is 6. The van der Waals surface area contributed by atoms with Crippen molar-refractivity contribution in [1.82, 2.24) is 19.5 Å². The van der Waals surface area contributed by atoms with E-state index in [1.807, 2.05) is 18.4 Å². The number of hydrogen-bond donors (Lipinski definition) is 1. The fourth-order valence-electron chi connectivity index (χ4n) is 2.83. The van der Waals surface area contributed by atoms with E-state index in [0.717, 1.165) is 11.4 Å². The number of benzene rings is 2. The molecule has 0 unspecified atom stereocenters. The molecule has 0 amide bonds. The van der Waals surface area contributed by atoms with Gasteiger partial charge in [0, 0.05) is 17.4 Å². The zero-order valence-corrected chi connectivity index (χ0v) is 18.2. The monoisotopic (exact) mass is 455 g/mol. The summed E-state index contributed by atoms with van der Waals surface area (Å²) in [5.74, 6) is 1.47. The fourth-order valence-corrected chi connectivity index (χ4v) is 4.41. The Hall–Kier alpha value is -3.43. The van der Waals surface area contributed by atoms with Crippen LogP contribution < -0.4 is 9.46 Å². The number of sulfonamides is 1. The van der Waals surface area contributed by atoms with Crippen LogP contribution in [-0.2, 0) is 10.0 Å². The van der Waals surface area contributed by atoms with Crippen molar-refractivity contribution in [3.05, 3.63) is 83.7 Å². The van der Waals surface area contributed by atoms with Gasteiger partial charge in [-0.15, -0.1) is 0 Å². The highest BCUT2D eigenvalue weighted by Crippen LogP contribution is 2.26. The third-order valence-electron chi connectivity index (χ3n) is 4.58. The first-order valence-electron chi connectivity index (χ1n) is 9.22. The molecule has 31 heavy (non-hydrogen) atoms. The lowest BCUT2D eigenvalue weighted by Gasteiger charge is -2.11. The maximum atomic E-state index is 12.5. The molecule has 0 saturated carbocycles. The Balaban J connectivity index is 1.50. The molecule has 2 aromatic carbocycles. The number of imidazole rings is 1. The number of halogens is 1. The molecule has 0 fully saturated rings. The molecule has 0 atom stereocenters. The molecule has 158 valence electrons. The fraction of sp³-hybridized carbons (Fsp3) is 0.0952. The highest BCUT2D eigenvalue weighted by Gasteiger charge is 2.17. The van der Waals surface area contributed by atoms with E-state index < -0.39 is 10.0 Å². The molecule has 0 saturated heterocycles. The predicted molar refractivity (Wildman–Crippen MR) is 117 cm³/mol. The average Bonchev–Trinajstić information content (AvgIpc) is 3.08. The molecule has 10 heteroatoms. The molecule has 0 aliphatic rings. The number of rotatable bonds is 6. The van der Waals surface area contributed by atoms with Gasteiger partial charge < -0.3 is 4.74 Å². The Morgan fingerprint density at radius 2 is 1.74 bits per heavy atom. The van der Waals surface area contributed by atoms with Crippen LogP contribution in [0.25, 0.3) is 5.82 Å². The molecule has 2 aromatic heterocycles. The van der Waals surface area contributed by atoms with Crippen molar-refractivity contribution < 1.29 is 13.2 Å². The zero-order chi connectivity index (χ0) is 22.0. The van der Waals surface area contributed by atoms with Gasteiger partial charge in [0.15, 0.2) is 0 Å².